The number of hydrogen-bond donors (Lipinski definition) is 1. The molecule has 2 aromatic rings. The lowest BCUT2D eigenvalue weighted by molar-refractivity contribution is 0.415. The van der Waals surface area contributed by atoms with Crippen molar-refractivity contribution in [1.29, 1.82) is 0 Å². The maximum absolute atomic E-state index is 6.11. The fourth-order valence-corrected chi connectivity index (χ4v) is 2.49. The van der Waals surface area contributed by atoms with E-state index in [1.165, 1.54) is 11.3 Å². The van der Waals surface area contributed by atoms with Gasteiger partial charge in [0.1, 0.15) is 5.75 Å². The highest BCUT2D eigenvalue weighted by molar-refractivity contribution is 5.79. The Morgan fingerprint density at radius 2 is 1.94 bits per heavy atom. The molecule has 0 saturated heterocycles. The Kier molecular flexibility index (Phi) is 2.59. The van der Waals surface area contributed by atoms with Gasteiger partial charge in [0, 0.05) is 18.3 Å². The van der Waals surface area contributed by atoms with Gasteiger partial charge in [0.15, 0.2) is 0 Å². The fourth-order valence-electron chi connectivity index (χ4n) is 2.49. The second kappa shape index (κ2) is 4.26. The summed E-state index contributed by atoms with van der Waals surface area (Å²) in [6.07, 6.45) is 1.07. The Morgan fingerprint density at radius 3 is 2.72 bits per heavy atom. The molecule has 0 spiro atoms. The molecule has 0 unspecified atom stereocenters. The summed E-state index contributed by atoms with van der Waals surface area (Å²) in [5, 5.41) is 0. The molecular formula is C15H16N2O. The van der Waals surface area contributed by atoms with Gasteiger partial charge in [-0.15, -0.1) is 0 Å². The van der Waals surface area contributed by atoms with Crippen molar-refractivity contribution in [2.45, 2.75) is 6.42 Å². The summed E-state index contributed by atoms with van der Waals surface area (Å²) in [7, 11) is 1.65. The third-order valence-electron chi connectivity index (χ3n) is 3.41. The van der Waals surface area contributed by atoms with Gasteiger partial charge >= 0.3 is 0 Å². The number of anilines is 3. The highest BCUT2D eigenvalue weighted by Gasteiger charge is 2.21. The lowest BCUT2D eigenvalue weighted by atomic mass is 10.2. The zero-order valence-corrected chi connectivity index (χ0v) is 10.4. The van der Waals surface area contributed by atoms with E-state index < -0.39 is 0 Å². The van der Waals surface area contributed by atoms with Crippen LogP contribution in [0.25, 0.3) is 0 Å². The quantitative estimate of drug-likeness (QED) is 0.820. The van der Waals surface area contributed by atoms with Crippen molar-refractivity contribution >= 4 is 17.1 Å². The summed E-state index contributed by atoms with van der Waals surface area (Å²) in [4.78, 5) is 2.27. The van der Waals surface area contributed by atoms with Crippen LogP contribution in [0.3, 0.4) is 0 Å². The monoisotopic (exact) mass is 240 g/mol. The number of nitrogens with zero attached hydrogens (tertiary/aromatic N) is 1. The van der Waals surface area contributed by atoms with E-state index in [2.05, 4.69) is 29.2 Å². The van der Waals surface area contributed by atoms with Crippen molar-refractivity contribution in [2.75, 3.05) is 24.3 Å². The second-order valence-corrected chi connectivity index (χ2v) is 4.46. The topological polar surface area (TPSA) is 38.5 Å². The highest BCUT2D eigenvalue weighted by Crippen LogP contribution is 2.38. The number of fused-ring (bicyclic) bond motifs is 1. The number of methoxy groups -OCH3 is 1. The van der Waals surface area contributed by atoms with Gasteiger partial charge in [-0.25, -0.2) is 0 Å². The van der Waals surface area contributed by atoms with E-state index in [1.54, 1.807) is 7.11 Å². The number of para-hydroxylation sites is 1. The van der Waals surface area contributed by atoms with Crippen LogP contribution >= 0.6 is 0 Å². The molecule has 92 valence electrons. The summed E-state index contributed by atoms with van der Waals surface area (Å²) in [6, 6.07) is 14.3. The summed E-state index contributed by atoms with van der Waals surface area (Å²) < 4.78 is 5.18. The van der Waals surface area contributed by atoms with E-state index in [9.17, 15) is 0 Å². The molecule has 0 atom stereocenters. The zero-order chi connectivity index (χ0) is 12.5. The van der Waals surface area contributed by atoms with Crippen LogP contribution in [0.4, 0.5) is 17.1 Å². The molecule has 0 amide bonds. The summed E-state index contributed by atoms with van der Waals surface area (Å²) in [5.74, 6) is 0.795. The molecule has 0 aliphatic carbocycles. The van der Waals surface area contributed by atoms with E-state index in [4.69, 9.17) is 10.5 Å². The molecule has 0 saturated carbocycles. The van der Waals surface area contributed by atoms with Gasteiger partial charge in [0.2, 0.25) is 0 Å². The first-order valence-corrected chi connectivity index (χ1v) is 6.08. The number of benzene rings is 2. The molecule has 1 heterocycles. The summed E-state index contributed by atoms with van der Waals surface area (Å²) in [6.45, 7) is 0.982. The number of hydrogen-bond acceptors (Lipinski definition) is 3. The smallest absolute Gasteiger partial charge is 0.121 e. The van der Waals surface area contributed by atoms with Gasteiger partial charge in [0.25, 0.3) is 0 Å². The minimum Gasteiger partial charge on any atom is -0.497 e. The highest BCUT2D eigenvalue weighted by atomic mass is 16.5. The lowest BCUT2D eigenvalue weighted by Gasteiger charge is -2.21. The van der Waals surface area contributed by atoms with Crippen LogP contribution in [-0.4, -0.2) is 13.7 Å². The number of nitrogen functional groups attached to an aromatic ring is 1. The van der Waals surface area contributed by atoms with Gasteiger partial charge in [0.05, 0.1) is 18.5 Å². The first kappa shape index (κ1) is 11.0. The van der Waals surface area contributed by atoms with E-state index in [-0.39, 0.29) is 0 Å². The van der Waals surface area contributed by atoms with Crippen LogP contribution < -0.4 is 15.4 Å². The first-order chi connectivity index (χ1) is 8.79. The predicted octanol–water partition coefficient (Wildman–Crippen LogP) is 2.97. The van der Waals surface area contributed by atoms with Crippen LogP contribution in [0.1, 0.15) is 5.56 Å². The van der Waals surface area contributed by atoms with E-state index in [1.807, 2.05) is 18.2 Å². The maximum atomic E-state index is 6.11. The Hall–Kier alpha value is -2.16. The molecule has 2 aromatic carbocycles. The van der Waals surface area contributed by atoms with Gasteiger partial charge in [-0.2, -0.15) is 0 Å². The minimum atomic E-state index is 0.756. The Morgan fingerprint density at radius 1 is 1.11 bits per heavy atom. The van der Waals surface area contributed by atoms with Gasteiger partial charge in [-0.3, -0.25) is 0 Å². The molecule has 0 radical (unpaired) electrons. The molecule has 0 aromatic heterocycles. The minimum absolute atomic E-state index is 0.756. The molecule has 3 nitrogen and oxygen atoms in total. The second-order valence-electron chi connectivity index (χ2n) is 4.46. The van der Waals surface area contributed by atoms with Gasteiger partial charge in [-0.05, 0) is 30.2 Å². The van der Waals surface area contributed by atoms with Crippen molar-refractivity contribution in [3.63, 3.8) is 0 Å². The molecule has 1 aliphatic rings. The number of ether oxygens (including phenoxy) is 1. The van der Waals surface area contributed by atoms with Crippen molar-refractivity contribution in [1.82, 2.24) is 0 Å². The standard InChI is InChI=1S/C15H16N2O/c1-18-12-6-7-15(13(16)10-12)17-9-8-11-4-2-3-5-14(11)17/h2-7,10H,8-9,16H2,1H3. The molecule has 0 bridgehead atoms. The third-order valence-corrected chi connectivity index (χ3v) is 3.41. The van der Waals surface area contributed by atoms with Crippen molar-refractivity contribution < 1.29 is 4.74 Å². The van der Waals surface area contributed by atoms with Crippen LogP contribution in [0.5, 0.6) is 5.75 Å². The van der Waals surface area contributed by atoms with Gasteiger partial charge < -0.3 is 15.4 Å². The molecule has 1 aliphatic heterocycles. The molecule has 18 heavy (non-hydrogen) atoms. The van der Waals surface area contributed by atoms with Crippen LogP contribution in [0.2, 0.25) is 0 Å². The SMILES string of the molecule is COc1ccc(N2CCc3ccccc32)c(N)c1. The zero-order valence-electron chi connectivity index (χ0n) is 10.4. The Bertz CT molecular complexity index is 580. The maximum Gasteiger partial charge on any atom is 0.121 e. The normalized spacial score (nSPS) is 13.5. The van der Waals surface area contributed by atoms with Gasteiger partial charge in [-0.1, -0.05) is 18.2 Å². The van der Waals surface area contributed by atoms with Crippen molar-refractivity contribution in [2.24, 2.45) is 0 Å². The van der Waals surface area contributed by atoms with Crippen molar-refractivity contribution in [3.8, 4) is 5.75 Å². The van der Waals surface area contributed by atoms with E-state index >= 15 is 0 Å². The third kappa shape index (κ3) is 1.68. The van der Waals surface area contributed by atoms with Crippen LogP contribution in [0.15, 0.2) is 42.5 Å². The molecule has 2 N–H and O–H groups in total. The molecule has 3 heteroatoms. The summed E-state index contributed by atoms with van der Waals surface area (Å²) in [5.41, 5.74) is 10.6. The van der Waals surface area contributed by atoms with E-state index in [0.29, 0.717) is 0 Å². The lowest BCUT2D eigenvalue weighted by Crippen LogP contribution is -2.14. The Labute approximate surface area is 107 Å². The number of nitrogens with two attached hydrogens (primary N) is 1. The molecule has 3 rings (SSSR count). The first-order valence-electron chi connectivity index (χ1n) is 6.08. The fraction of sp³-hybridized carbons (Fsp3) is 0.200. The van der Waals surface area contributed by atoms with Crippen LogP contribution in [0, 0.1) is 0 Å². The predicted molar refractivity (Wildman–Crippen MR) is 74.6 cm³/mol. The summed E-state index contributed by atoms with van der Waals surface area (Å²) >= 11 is 0. The molecular weight excluding hydrogens is 224 g/mol. The molecule has 0 fully saturated rings. The largest absolute Gasteiger partial charge is 0.497 e. The Balaban J connectivity index is 2.02. The van der Waals surface area contributed by atoms with Crippen molar-refractivity contribution in [3.05, 3.63) is 48.0 Å². The van der Waals surface area contributed by atoms with Crippen LogP contribution in [-0.2, 0) is 6.42 Å². The van der Waals surface area contributed by atoms with E-state index in [0.717, 1.165) is 30.1 Å². The average molecular weight is 240 g/mol. The average Bonchev–Trinajstić information content (AvgIpc) is 2.82. The number of rotatable bonds is 2.